The summed E-state index contributed by atoms with van der Waals surface area (Å²) in [7, 11) is 0. The van der Waals surface area contributed by atoms with Crippen molar-refractivity contribution in [3.05, 3.63) is 45.9 Å². The first-order valence-electron chi connectivity index (χ1n) is 5.81. The lowest BCUT2D eigenvalue weighted by atomic mass is 10.1. The average molecular weight is 324 g/mol. The molecule has 2 aliphatic heterocycles. The minimum atomic E-state index is -0.515. The number of hydrogen-bond acceptors (Lipinski definition) is 2. The van der Waals surface area contributed by atoms with E-state index < -0.39 is 5.60 Å². The number of anilines is 1. The predicted octanol–water partition coefficient (Wildman–Crippen LogP) is 3.58. The summed E-state index contributed by atoms with van der Waals surface area (Å²) >= 11 is 3.42. The van der Waals surface area contributed by atoms with Crippen LogP contribution in [0.5, 0.6) is 0 Å². The third-order valence-corrected chi connectivity index (χ3v) is 4.35. The van der Waals surface area contributed by atoms with Crippen molar-refractivity contribution in [2.45, 2.75) is 19.4 Å². The summed E-state index contributed by atoms with van der Waals surface area (Å²) in [5.74, 6) is -0.197. The normalized spacial score (nSPS) is 23.8. The van der Waals surface area contributed by atoms with E-state index in [0.717, 1.165) is 4.48 Å². The van der Waals surface area contributed by atoms with Gasteiger partial charge in [0, 0.05) is 15.7 Å². The van der Waals surface area contributed by atoms with E-state index in [1.165, 1.54) is 12.1 Å². The lowest BCUT2D eigenvalue weighted by Crippen LogP contribution is -2.19. The van der Waals surface area contributed by atoms with Crippen LogP contribution in [0, 0.1) is 5.82 Å². The van der Waals surface area contributed by atoms with Gasteiger partial charge in [-0.05, 0) is 38.1 Å². The highest BCUT2D eigenvalue weighted by molar-refractivity contribution is 9.11. The van der Waals surface area contributed by atoms with Crippen LogP contribution in [0.15, 0.2) is 34.5 Å². The number of benzene rings is 1. The highest BCUT2D eigenvalue weighted by Gasteiger charge is 2.36. The van der Waals surface area contributed by atoms with Crippen molar-refractivity contribution in [3.8, 4) is 0 Å². The molecule has 98 valence electrons. The Morgan fingerprint density at radius 2 is 2.11 bits per heavy atom. The van der Waals surface area contributed by atoms with E-state index in [0.29, 0.717) is 22.6 Å². The Kier molecular flexibility index (Phi) is 2.57. The molecule has 0 spiro atoms. The van der Waals surface area contributed by atoms with E-state index in [1.807, 2.05) is 13.8 Å². The van der Waals surface area contributed by atoms with Crippen LogP contribution < -0.4 is 5.32 Å². The van der Waals surface area contributed by atoms with E-state index in [2.05, 4.69) is 21.2 Å². The molecule has 0 radical (unpaired) electrons. The standard InChI is InChI=1S/C14H11BrFNO2/c1-14(2)11(15)6-10(19-14)12-8-5-7(16)3-4-9(8)17-13(12)18/h3-6H,1-2H3,(H,17,18)/b12-10+. The number of ether oxygens (including phenoxy) is 1. The Morgan fingerprint density at radius 1 is 1.37 bits per heavy atom. The largest absolute Gasteiger partial charge is 0.482 e. The van der Waals surface area contributed by atoms with E-state index in [-0.39, 0.29) is 11.7 Å². The molecule has 19 heavy (non-hydrogen) atoms. The number of carbonyl (C=O) groups is 1. The highest BCUT2D eigenvalue weighted by atomic mass is 79.9. The molecule has 5 heteroatoms. The first-order chi connectivity index (χ1) is 8.88. The summed E-state index contributed by atoms with van der Waals surface area (Å²) in [6, 6.07) is 4.21. The lowest BCUT2D eigenvalue weighted by molar-refractivity contribution is -0.111. The Bertz CT molecular complexity index is 661. The van der Waals surface area contributed by atoms with Gasteiger partial charge >= 0.3 is 0 Å². The quantitative estimate of drug-likeness (QED) is 0.741. The fraction of sp³-hybridized carbons (Fsp3) is 0.214. The van der Waals surface area contributed by atoms with Gasteiger partial charge in [0.1, 0.15) is 17.2 Å². The fourth-order valence-corrected chi connectivity index (χ4v) is 2.44. The van der Waals surface area contributed by atoms with E-state index in [1.54, 1.807) is 12.1 Å². The smallest absolute Gasteiger partial charge is 0.260 e. The SMILES string of the molecule is CC1(C)O/C(=C2/C(=O)Nc3ccc(F)cc32)C=C1Br. The van der Waals surface area contributed by atoms with Crippen molar-refractivity contribution in [1.82, 2.24) is 0 Å². The molecule has 3 nitrogen and oxygen atoms in total. The summed E-state index contributed by atoms with van der Waals surface area (Å²) in [5, 5.41) is 2.71. The summed E-state index contributed by atoms with van der Waals surface area (Å²) in [6.07, 6.45) is 1.76. The molecule has 1 aromatic rings. The number of halogens is 2. The zero-order valence-electron chi connectivity index (χ0n) is 10.4. The molecule has 3 rings (SSSR count). The number of carbonyl (C=O) groups excluding carboxylic acids is 1. The lowest BCUT2D eigenvalue weighted by Gasteiger charge is -2.19. The van der Waals surface area contributed by atoms with Crippen molar-refractivity contribution < 1.29 is 13.9 Å². The number of allylic oxidation sites excluding steroid dienone is 1. The van der Waals surface area contributed by atoms with Gasteiger partial charge in [0.2, 0.25) is 0 Å². The average Bonchev–Trinajstić information content (AvgIpc) is 2.75. The third kappa shape index (κ3) is 1.89. The molecule has 0 bridgehead atoms. The predicted molar refractivity (Wildman–Crippen MR) is 74.1 cm³/mol. The zero-order valence-corrected chi connectivity index (χ0v) is 12.0. The number of rotatable bonds is 0. The first kappa shape index (κ1) is 12.4. The van der Waals surface area contributed by atoms with Gasteiger partial charge in [-0.25, -0.2) is 4.39 Å². The van der Waals surface area contributed by atoms with Crippen LogP contribution in [-0.2, 0) is 9.53 Å². The molecule has 1 N–H and O–H groups in total. The highest BCUT2D eigenvalue weighted by Crippen LogP contribution is 2.42. The number of hydrogen-bond donors (Lipinski definition) is 1. The minimum Gasteiger partial charge on any atom is -0.482 e. The van der Waals surface area contributed by atoms with Crippen LogP contribution in [0.1, 0.15) is 19.4 Å². The molecule has 2 heterocycles. The van der Waals surface area contributed by atoms with Crippen molar-refractivity contribution in [2.24, 2.45) is 0 Å². The molecule has 1 amide bonds. The Hall–Kier alpha value is -1.62. The topological polar surface area (TPSA) is 38.3 Å². The van der Waals surface area contributed by atoms with Gasteiger partial charge in [0.15, 0.2) is 0 Å². The third-order valence-electron chi connectivity index (χ3n) is 3.17. The van der Waals surface area contributed by atoms with E-state index >= 15 is 0 Å². The number of fused-ring (bicyclic) bond motifs is 1. The molecule has 0 unspecified atom stereocenters. The Morgan fingerprint density at radius 3 is 2.74 bits per heavy atom. The molecule has 0 aliphatic carbocycles. The second kappa shape index (κ2) is 3.93. The molecule has 0 atom stereocenters. The maximum absolute atomic E-state index is 13.4. The van der Waals surface area contributed by atoms with Gasteiger partial charge in [-0.1, -0.05) is 15.9 Å². The molecular formula is C14H11BrFNO2. The molecule has 2 aliphatic rings. The Labute approximate surface area is 118 Å². The van der Waals surface area contributed by atoms with Crippen LogP contribution in [0.3, 0.4) is 0 Å². The number of nitrogens with one attached hydrogen (secondary N) is 1. The molecule has 0 fully saturated rings. The van der Waals surface area contributed by atoms with Crippen molar-refractivity contribution in [1.29, 1.82) is 0 Å². The molecule has 0 aromatic heterocycles. The fourth-order valence-electron chi connectivity index (χ4n) is 2.15. The van der Waals surface area contributed by atoms with Crippen molar-refractivity contribution in [2.75, 3.05) is 5.32 Å². The van der Waals surface area contributed by atoms with Crippen LogP contribution >= 0.6 is 15.9 Å². The Balaban J connectivity index is 2.19. The van der Waals surface area contributed by atoms with Crippen LogP contribution in [-0.4, -0.2) is 11.5 Å². The van der Waals surface area contributed by atoms with Gasteiger partial charge in [-0.15, -0.1) is 0 Å². The van der Waals surface area contributed by atoms with Gasteiger partial charge in [-0.2, -0.15) is 0 Å². The van der Waals surface area contributed by atoms with Crippen LogP contribution in [0.25, 0.3) is 5.57 Å². The maximum atomic E-state index is 13.4. The van der Waals surface area contributed by atoms with E-state index in [9.17, 15) is 9.18 Å². The second-order valence-electron chi connectivity index (χ2n) is 4.99. The zero-order chi connectivity index (χ0) is 13.8. The molecular weight excluding hydrogens is 313 g/mol. The number of amides is 1. The molecule has 0 saturated carbocycles. The molecule has 1 aromatic carbocycles. The van der Waals surface area contributed by atoms with Gasteiger partial charge in [-0.3, -0.25) is 4.79 Å². The van der Waals surface area contributed by atoms with Gasteiger partial charge in [0.25, 0.3) is 5.91 Å². The van der Waals surface area contributed by atoms with Crippen molar-refractivity contribution >= 4 is 33.1 Å². The summed E-state index contributed by atoms with van der Waals surface area (Å²) in [4.78, 5) is 12.0. The monoisotopic (exact) mass is 323 g/mol. The minimum absolute atomic E-state index is 0.273. The van der Waals surface area contributed by atoms with Crippen LogP contribution in [0.4, 0.5) is 10.1 Å². The van der Waals surface area contributed by atoms with E-state index in [4.69, 9.17) is 4.74 Å². The maximum Gasteiger partial charge on any atom is 0.260 e. The van der Waals surface area contributed by atoms with Gasteiger partial charge in [0.05, 0.1) is 5.57 Å². The second-order valence-corrected chi connectivity index (χ2v) is 5.84. The van der Waals surface area contributed by atoms with Crippen molar-refractivity contribution in [3.63, 3.8) is 0 Å². The molecule has 0 saturated heterocycles. The van der Waals surface area contributed by atoms with Crippen LogP contribution in [0.2, 0.25) is 0 Å². The van der Waals surface area contributed by atoms with Gasteiger partial charge < -0.3 is 10.1 Å². The summed E-state index contributed by atoms with van der Waals surface area (Å²) in [5.41, 5.74) is 0.997. The summed E-state index contributed by atoms with van der Waals surface area (Å²) in [6.45, 7) is 3.78. The summed E-state index contributed by atoms with van der Waals surface area (Å²) < 4.78 is 20.0. The first-order valence-corrected chi connectivity index (χ1v) is 6.60.